The molecule has 3 rings (SSSR count). The van der Waals surface area contributed by atoms with Crippen molar-refractivity contribution in [3.63, 3.8) is 0 Å². The molecule has 1 unspecified atom stereocenters. The average Bonchev–Trinajstić information content (AvgIpc) is 3.00. The molecule has 1 N–H and O–H groups in total. The van der Waals surface area contributed by atoms with Gasteiger partial charge >= 0.3 is 6.36 Å². The van der Waals surface area contributed by atoms with E-state index in [0.717, 1.165) is 16.9 Å². The van der Waals surface area contributed by atoms with E-state index in [4.69, 9.17) is 4.74 Å². The molecule has 27 heavy (non-hydrogen) atoms. The van der Waals surface area contributed by atoms with Crippen LogP contribution in [0.4, 0.5) is 13.2 Å². The number of amides is 1. The largest absolute Gasteiger partial charge is 0.573 e. The first kappa shape index (κ1) is 19.1. The maximum absolute atomic E-state index is 12.4. The second kappa shape index (κ2) is 7.50. The molecule has 144 valence electrons. The van der Waals surface area contributed by atoms with E-state index in [0.29, 0.717) is 18.5 Å². The van der Waals surface area contributed by atoms with Crippen molar-refractivity contribution in [3.05, 3.63) is 48.0 Å². The first-order chi connectivity index (χ1) is 12.7. The summed E-state index contributed by atoms with van der Waals surface area (Å²) in [6, 6.07) is 11.3. The fourth-order valence-electron chi connectivity index (χ4n) is 2.91. The Balaban J connectivity index is 1.71. The lowest BCUT2D eigenvalue weighted by Gasteiger charge is -2.13. The van der Waals surface area contributed by atoms with Crippen molar-refractivity contribution in [3.8, 4) is 22.6 Å². The molecule has 4 nitrogen and oxygen atoms in total. The molecule has 1 amide bonds. The van der Waals surface area contributed by atoms with E-state index in [1.54, 1.807) is 18.2 Å². The molecule has 0 saturated carbocycles. The normalized spacial score (nSPS) is 16.0. The summed E-state index contributed by atoms with van der Waals surface area (Å²) in [6.07, 6.45) is -4.25. The van der Waals surface area contributed by atoms with Gasteiger partial charge in [-0.15, -0.1) is 13.2 Å². The van der Waals surface area contributed by atoms with Crippen molar-refractivity contribution in [1.29, 1.82) is 0 Å². The van der Waals surface area contributed by atoms with Gasteiger partial charge in [0.05, 0.1) is 6.54 Å². The van der Waals surface area contributed by atoms with Gasteiger partial charge in [0, 0.05) is 12.3 Å². The van der Waals surface area contributed by atoms with Gasteiger partial charge in [-0.05, 0) is 41.0 Å². The Hall–Kier alpha value is -2.70. The van der Waals surface area contributed by atoms with Crippen LogP contribution < -0.4 is 14.8 Å². The summed E-state index contributed by atoms with van der Waals surface area (Å²) < 4.78 is 47.0. The second-order valence-electron chi connectivity index (χ2n) is 6.74. The van der Waals surface area contributed by atoms with Crippen molar-refractivity contribution in [1.82, 2.24) is 5.32 Å². The molecule has 0 aromatic heterocycles. The number of halogens is 3. The standard InChI is InChI=1S/C20H20F3NO3/c1-12(2)19(25)24-11-17-10-15-8-14(6-7-18(15)26-17)13-4-3-5-16(9-13)27-20(21,22)23/h3-9,12,17H,10-11H2,1-2H3,(H,24,25). The van der Waals surface area contributed by atoms with Gasteiger partial charge in [-0.2, -0.15) is 0 Å². The smallest absolute Gasteiger partial charge is 0.488 e. The Bertz CT molecular complexity index is 833. The molecule has 1 atom stereocenters. The van der Waals surface area contributed by atoms with Gasteiger partial charge in [-0.1, -0.05) is 32.0 Å². The first-order valence-electron chi connectivity index (χ1n) is 8.65. The number of nitrogens with one attached hydrogen (secondary N) is 1. The zero-order valence-corrected chi connectivity index (χ0v) is 15.0. The number of benzene rings is 2. The predicted molar refractivity (Wildman–Crippen MR) is 94.5 cm³/mol. The van der Waals surface area contributed by atoms with E-state index in [2.05, 4.69) is 10.1 Å². The van der Waals surface area contributed by atoms with Gasteiger partial charge in [0.15, 0.2) is 0 Å². The summed E-state index contributed by atoms with van der Waals surface area (Å²) in [4.78, 5) is 11.7. The van der Waals surface area contributed by atoms with Gasteiger partial charge in [0.2, 0.25) is 5.91 Å². The fraction of sp³-hybridized carbons (Fsp3) is 0.350. The maximum atomic E-state index is 12.4. The minimum Gasteiger partial charge on any atom is -0.488 e. The summed E-state index contributed by atoms with van der Waals surface area (Å²) in [5.74, 6) is 0.347. The van der Waals surface area contributed by atoms with Crippen molar-refractivity contribution in [2.75, 3.05) is 6.54 Å². The Morgan fingerprint density at radius 2 is 1.96 bits per heavy atom. The van der Waals surface area contributed by atoms with E-state index >= 15 is 0 Å². The van der Waals surface area contributed by atoms with Crippen LogP contribution in [-0.4, -0.2) is 24.9 Å². The summed E-state index contributed by atoms with van der Waals surface area (Å²) in [5.41, 5.74) is 2.35. The number of fused-ring (bicyclic) bond motifs is 1. The third kappa shape index (κ3) is 4.93. The SMILES string of the molecule is CC(C)C(=O)NCC1Cc2cc(-c3cccc(OC(F)(F)F)c3)ccc2O1. The quantitative estimate of drug-likeness (QED) is 0.841. The molecule has 1 heterocycles. The minimum absolute atomic E-state index is 0.0308. The summed E-state index contributed by atoms with van der Waals surface area (Å²) in [5, 5.41) is 2.85. The van der Waals surface area contributed by atoms with E-state index < -0.39 is 6.36 Å². The van der Waals surface area contributed by atoms with Gasteiger partial charge in [-0.3, -0.25) is 4.79 Å². The van der Waals surface area contributed by atoms with E-state index in [1.165, 1.54) is 18.2 Å². The lowest BCUT2D eigenvalue weighted by Crippen LogP contribution is -2.36. The van der Waals surface area contributed by atoms with E-state index in [1.807, 2.05) is 19.9 Å². The number of carbonyl (C=O) groups excluding carboxylic acids is 1. The predicted octanol–water partition coefficient (Wildman–Crippen LogP) is 4.33. The number of ether oxygens (including phenoxy) is 2. The number of alkyl halides is 3. The van der Waals surface area contributed by atoms with Gasteiger partial charge in [0.25, 0.3) is 0 Å². The second-order valence-corrected chi connectivity index (χ2v) is 6.74. The van der Waals surface area contributed by atoms with Crippen LogP contribution in [0.1, 0.15) is 19.4 Å². The first-order valence-corrected chi connectivity index (χ1v) is 8.65. The lowest BCUT2D eigenvalue weighted by molar-refractivity contribution is -0.274. The van der Waals surface area contributed by atoms with Crippen LogP contribution in [0.3, 0.4) is 0 Å². The van der Waals surface area contributed by atoms with Gasteiger partial charge < -0.3 is 14.8 Å². The molecule has 7 heteroatoms. The molecule has 2 aromatic rings. The zero-order valence-electron chi connectivity index (χ0n) is 15.0. The van der Waals surface area contributed by atoms with Crippen LogP contribution in [0.15, 0.2) is 42.5 Å². The van der Waals surface area contributed by atoms with Crippen LogP contribution in [0.25, 0.3) is 11.1 Å². The molecular weight excluding hydrogens is 359 g/mol. The highest BCUT2D eigenvalue weighted by atomic mass is 19.4. The highest BCUT2D eigenvalue weighted by Gasteiger charge is 2.31. The Morgan fingerprint density at radius 3 is 2.67 bits per heavy atom. The Kier molecular flexibility index (Phi) is 5.30. The number of carbonyl (C=O) groups is 1. The van der Waals surface area contributed by atoms with E-state index in [-0.39, 0.29) is 23.7 Å². The summed E-state index contributed by atoms with van der Waals surface area (Å²) in [7, 11) is 0. The molecule has 0 saturated heterocycles. The van der Waals surface area contributed by atoms with Crippen LogP contribution in [0.5, 0.6) is 11.5 Å². The summed E-state index contributed by atoms with van der Waals surface area (Å²) >= 11 is 0. The van der Waals surface area contributed by atoms with E-state index in [9.17, 15) is 18.0 Å². The van der Waals surface area contributed by atoms with Gasteiger partial charge in [0.1, 0.15) is 17.6 Å². The van der Waals surface area contributed by atoms with Gasteiger partial charge in [-0.25, -0.2) is 0 Å². The topological polar surface area (TPSA) is 47.6 Å². The molecule has 0 spiro atoms. The van der Waals surface area contributed by atoms with Crippen molar-refractivity contribution >= 4 is 5.91 Å². The third-order valence-electron chi connectivity index (χ3n) is 4.23. The molecule has 0 bridgehead atoms. The van der Waals surface area contributed by atoms with Crippen molar-refractivity contribution in [2.24, 2.45) is 5.92 Å². The van der Waals surface area contributed by atoms with Crippen LogP contribution in [0, 0.1) is 5.92 Å². The Labute approximate surface area is 155 Å². The Morgan fingerprint density at radius 1 is 1.22 bits per heavy atom. The van der Waals surface area contributed by atoms with Crippen LogP contribution in [-0.2, 0) is 11.2 Å². The zero-order chi connectivity index (χ0) is 19.6. The molecule has 2 aromatic carbocycles. The number of hydrogen-bond donors (Lipinski definition) is 1. The highest BCUT2D eigenvalue weighted by molar-refractivity contribution is 5.77. The van der Waals surface area contributed by atoms with Crippen molar-refractivity contribution in [2.45, 2.75) is 32.7 Å². The monoisotopic (exact) mass is 379 g/mol. The number of rotatable bonds is 5. The lowest BCUT2D eigenvalue weighted by atomic mass is 10.0. The van der Waals surface area contributed by atoms with Crippen LogP contribution >= 0.6 is 0 Å². The maximum Gasteiger partial charge on any atom is 0.573 e. The third-order valence-corrected chi connectivity index (χ3v) is 4.23. The number of hydrogen-bond acceptors (Lipinski definition) is 3. The molecule has 0 radical (unpaired) electrons. The molecule has 0 aliphatic carbocycles. The fourth-order valence-corrected chi connectivity index (χ4v) is 2.91. The summed E-state index contributed by atoms with van der Waals surface area (Å²) in [6.45, 7) is 4.06. The molecule has 1 aliphatic rings. The van der Waals surface area contributed by atoms with Crippen LogP contribution in [0.2, 0.25) is 0 Å². The average molecular weight is 379 g/mol. The minimum atomic E-state index is -4.72. The molecular formula is C20H20F3NO3. The molecule has 0 fully saturated rings. The highest BCUT2D eigenvalue weighted by Crippen LogP contribution is 2.34. The molecule has 1 aliphatic heterocycles. The van der Waals surface area contributed by atoms with Crippen molar-refractivity contribution < 1.29 is 27.4 Å².